The van der Waals surface area contributed by atoms with E-state index in [2.05, 4.69) is 4.98 Å². The summed E-state index contributed by atoms with van der Waals surface area (Å²) in [6.07, 6.45) is 0. The van der Waals surface area contributed by atoms with Crippen molar-refractivity contribution in [2.45, 2.75) is 17.9 Å². The molecular weight excluding hydrogens is 422 g/mol. The van der Waals surface area contributed by atoms with Gasteiger partial charge in [0, 0.05) is 16.9 Å². The third-order valence-electron chi connectivity index (χ3n) is 5.79. The Kier molecular flexibility index (Phi) is 5.97. The van der Waals surface area contributed by atoms with Crippen LogP contribution in [0.5, 0.6) is 0 Å². The molecule has 0 spiro atoms. The first-order chi connectivity index (χ1) is 15.3. The molecule has 0 saturated heterocycles. The first-order valence-electron chi connectivity index (χ1n) is 10.3. The number of rotatable bonds is 7. The summed E-state index contributed by atoms with van der Waals surface area (Å²) < 4.78 is 23.0. The molecule has 0 bridgehead atoms. The van der Waals surface area contributed by atoms with Crippen molar-refractivity contribution in [1.82, 2.24) is 9.88 Å². The minimum absolute atomic E-state index is 0.0109. The lowest BCUT2D eigenvalue weighted by Gasteiger charge is -2.24. The predicted octanol–water partition coefficient (Wildman–Crippen LogP) is 4.36. The third-order valence-corrected chi connectivity index (χ3v) is 6.72. The van der Waals surface area contributed by atoms with Gasteiger partial charge in [-0.05, 0) is 43.3 Å². The van der Waals surface area contributed by atoms with Crippen molar-refractivity contribution in [1.29, 1.82) is 0 Å². The van der Waals surface area contributed by atoms with E-state index in [4.69, 9.17) is 5.14 Å². The zero-order valence-corrected chi connectivity index (χ0v) is 18.8. The first kappa shape index (κ1) is 22.0. The molecule has 6 nitrogen and oxygen atoms in total. The van der Waals surface area contributed by atoms with E-state index in [1.807, 2.05) is 73.5 Å². The number of Topliss-reactive ketones (excluding diaryl/α,β-unsaturated/α-hetero) is 1. The van der Waals surface area contributed by atoms with Crippen molar-refractivity contribution in [3.63, 3.8) is 0 Å². The normalized spacial score (nSPS) is 12.9. The number of primary sulfonamides is 1. The van der Waals surface area contributed by atoms with Crippen LogP contribution in [0.1, 0.15) is 28.9 Å². The van der Waals surface area contributed by atoms with Gasteiger partial charge in [-0.15, -0.1) is 0 Å². The number of ketones is 1. The van der Waals surface area contributed by atoms with Crippen LogP contribution in [0.25, 0.3) is 22.2 Å². The molecule has 1 unspecified atom stereocenters. The summed E-state index contributed by atoms with van der Waals surface area (Å²) in [5, 5.41) is 6.08. The number of sulfonamides is 1. The van der Waals surface area contributed by atoms with Crippen molar-refractivity contribution in [3.05, 3.63) is 90.0 Å². The number of H-pyrrole nitrogens is 1. The van der Waals surface area contributed by atoms with Crippen LogP contribution in [-0.2, 0) is 10.0 Å². The number of nitrogens with one attached hydrogen (secondary N) is 1. The number of benzene rings is 3. The Bertz CT molecular complexity index is 1360. The molecule has 0 radical (unpaired) electrons. The number of nitrogens with zero attached hydrogens (tertiary/aromatic N) is 1. The molecule has 4 aromatic rings. The van der Waals surface area contributed by atoms with E-state index in [-0.39, 0.29) is 23.3 Å². The summed E-state index contributed by atoms with van der Waals surface area (Å²) >= 11 is 0. The largest absolute Gasteiger partial charge is 0.354 e. The number of aromatic nitrogens is 1. The number of nitrogens with two attached hydrogens (primary N) is 1. The van der Waals surface area contributed by atoms with Crippen LogP contribution in [0.2, 0.25) is 0 Å². The summed E-state index contributed by atoms with van der Waals surface area (Å²) in [5.74, 6) is 0.0109. The van der Waals surface area contributed by atoms with Gasteiger partial charge in [0.1, 0.15) is 0 Å². The fourth-order valence-corrected chi connectivity index (χ4v) is 4.40. The van der Waals surface area contributed by atoms with Crippen LogP contribution in [0.15, 0.2) is 83.8 Å². The topological polar surface area (TPSA) is 96.3 Å². The van der Waals surface area contributed by atoms with Gasteiger partial charge in [-0.1, -0.05) is 60.7 Å². The van der Waals surface area contributed by atoms with Crippen LogP contribution in [0.4, 0.5) is 0 Å². The van der Waals surface area contributed by atoms with E-state index in [0.29, 0.717) is 5.56 Å². The SMILES string of the molecule is CC(c1ccc(S(N)(=O)=O)cc1)N(C)CC(=O)c1c(-c2ccccc2)[nH]c2ccccc12. The molecule has 7 heteroatoms. The maximum atomic E-state index is 13.5. The van der Waals surface area contributed by atoms with E-state index in [1.54, 1.807) is 12.1 Å². The quantitative estimate of drug-likeness (QED) is 0.412. The van der Waals surface area contributed by atoms with Crippen molar-refractivity contribution in [2.24, 2.45) is 5.14 Å². The maximum Gasteiger partial charge on any atom is 0.238 e. The fraction of sp³-hybridized carbons (Fsp3) is 0.160. The Morgan fingerprint density at radius 2 is 1.59 bits per heavy atom. The lowest BCUT2D eigenvalue weighted by Crippen LogP contribution is -2.29. The number of aromatic amines is 1. The predicted molar refractivity (Wildman–Crippen MR) is 127 cm³/mol. The molecule has 1 atom stereocenters. The summed E-state index contributed by atoms with van der Waals surface area (Å²) in [5.41, 5.74) is 4.27. The van der Waals surface area contributed by atoms with Crippen LogP contribution in [-0.4, -0.2) is 37.7 Å². The highest BCUT2D eigenvalue weighted by Gasteiger charge is 2.23. The summed E-state index contributed by atoms with van der Waals surface area (Å²) in [6.45, 7) is 2.19. The second-order valence-electron chi connectivity index (χ2n) is 7.91. The minimum atomic E-state index is -3.74. The van der Waals surface area contributed by atoms with E-state index < -0.39 is 10.0 Å². The second-order valence-corrected chi connectivity index (χ2v) is 9.48. The molecule has 0 fully saturated rings. The fourth-order valence-electron chi connectivity index (χ4n) is 3.89. The lowest BCUT2D eigenvalue weighted by molar-refractivity contribution is 0.0927. The molecule has 3 N–H and O–H groups in total. The molecule has 0 amide bonds. The van der Waals surface area contributed by atoms with Crippen molar-refractivity contribution < 1.29 is 13.2 Å². The van der Waals surface area contributed by atoms with Gasteiger partial charge in [0.15, 0.2) is 5.78 Å². The zero-order valence-electron chi connectivity index (χ0n) is 17.9. The van der Waals surface area contributed by atoms with E-state index in [9.17, 15) is 13.2 Å². The first-order valence-corrected chi connectivity index (χ1v) is 11.8. The zero-order chi connectivity index (χ0) is 22.9. The lowest BCUT2D eigenvalue weighted by atomic mass is 10.0. The van der Waals surface area contributed by atoms with Gasteiger partial charge in [0.25, 0.3) is 0 Å². The number of para-hydroxylation sites is 1. The maximum absolute atomic E-state index is 13.5. The highest BCUT2D eigenvalue weighted by atomic mass is 32.2. The van der Waals surface area contributed by atoms with Gasteiger partial charge in [0.05, 0.1) is 22.7 Å². The van der Waals surface area contributed by atoms with Gasteiger partial charge in [0.2, 0.25) is 10.0 Å². The third kappa shape index (κ3) is 4.36. The molecule has 0 saturated carbocycles. The number of hydrogen-bond acceptors (Lipinski definition) is 4. The molecular formula is C25H25N3O3S. The highest BCUT2D eigenvalue weighted by molar-refractivity contribution is 7.89. The number of fused-ring (bicyclic) bond motifs is 1. The summed E-state index contributed by atoms with van der Waals surface area (Å²) in [4.78, 5) is 18.9. The van der Waals surface area contributed by atoms with E-state index in [0.717, 1.165) is 27.7 Å². The van der Waals surface area contributed by atoms with Gasteiger partial charge in [-0.3, -0.25) is 9.69 Å². The Balaban J connectivity index is 1.62. The monoisotopic (exact) mass is 447 g/mol. The smallest absolute Gasteiger partial charge is 0.238 e. The molecule has 4 rings (SSSR count). The molecule has 3 aromatic carbocycles. The Labute approximate surface area is 187 Å². The summed E-state index contributed by atoms with van der Waals surface area (Å²) in [7, 11) is -1.86. The van der Waals surface area contributed by atoms with Gasteiger partial charge < -0.3 is 4.98 Å². The second kappa shape index (κ2) is 8.70. The molecule has 0 aliphatic rings. The summed E-state index contributed by atoms with van der Waals surface area (Å²) in [6, 6.07) is 24.0. The molecule has 0 aliphatic heterocycles. The molecule has 164 valence electrons. The number of carbonyl (C=O) groups is 1. The Morgan fingerprint density at radius 1 is 0.969 bits per heavy atom. The Hall–Kier alpha value is -3.26. The van der Waals surface area contributed by atoms with E-state index in [1.165, 1.54) is 12.1 Å². The Morgan fingerprint density at radius 3 is 2.25 bits per heavy atom. The van der Waals surface area contributed by atoms with Crippen molar-refractivity contribution in [3.8, 4) is 11.3 Å². The van der Waals surface area contributed by atoms with Crippen molar-refractivity contribution in [2.75, 3.05) is 13.6 Å². The van der Waals surface area contributed by atoms with Gasteiger partial charge in [-0.2, -0.15) is 0 Å². The van der Waals surface area contributed by atoms with Gasteiger partial charge in [-0.25, -0.2) is 13.6 Å². The average Bonchev–Trinajstić information content (AvgIpc) is 3.18. The van der Waals surface area contributed by atoms with Crippen LogP contribution >= 0.6 is 0 Å². The van der Waals surface area contributed by atoms with Crippen molar-refractivity contribution >= 4 is 26.7 Å². The standard InChI is InChI=1S/C25H25N3O3S/c1-17(18-12-14-20(15-13-18)32(26,30)31)28(2)16-23(29)24-21-10-6-7-11-22(21)27-25(24)19-8-4-3-5-9-19/h3-15,17,27H,16H2,1-2H3,(H2,26,30,31). The molecule has 0 aliphatic carbocycles. The number of carbonyl (C=O) groups excluding carboxylic acids is 1. The van der Waals surface area contributed by atoms with E-state index >= 15 is 0 Å². The molecule has 1 heterocycles. The van der Waals surface area contributed by atoms with Crippen LogP contribution < -0.4 is 5.14 Å². The number of likely N-dealkylation sites (N-methyl/N-ethyl adjacent to an activating group) is 1. The van der Waals surface area contributed by atoms with Gasteiger partial charge >= 0.3 is 0 Å². The average molecular weight is 448 g/mol. The highest BCUT2D eigenvalue weighted by Crippen LogP contribution is 2.31. The minimum Gasteiger partial charge on any atom is -0.354 e. The van der Waals surface area contributed by atoms with Crippen LogP contribution in [0, 0.1) is 0 Å². The molecule has 32 heavy (non-hydrogen) atoms. The number of hydrogen-bond donors (Lipinski definition) is 2. The van der Waals surface area contributed by atoms with Crippen LogP contribution in [0.3, 0.4) is 0 Å². The molecule has 1 aromatic heterocycles.